The van der Waals surface area contributed by atoms with E-state index in [0.717, 1.165) is 30.7 Å². The van der Waals surface area contributed by atoms with Gasteiger partial charge in [-0.15, -0.1) is 0 Å². The second-order valence-electron chi connectivity index (χ2n) is 3.88. The second kappa shape index (κ2) is 5.40. The quantitative estimate of drug-likeness (QED) is 0.786. The molecule has 2 rings (SSSR count). The minimum Gasteiger partial charge on any atom is -0.233 e. The molecule has 1 aromatic heterocycles. The van der Waals surface area contributed by atoms with Gasteiger partial charge in [0.1, 0.15) is 5.15 Å². The predicted octanol–water partition coefficient (Wildman–Crippen LogP) is 4.03. The molecule has 0 fully saturated rings. The van der Waals surface area contributed by atoms with Crippen LogP contribution in [0.25, 0.3) is 11.4 Å². The van der Waals surface area contributed by atoms with Gasteiger partial charge >= 0.3 is 0 Å². The van der Waals surface area contributed by atoms with Crippen LogP contribution in [0.3, 0.4) is 0 Å². The molecule has 0 amide bonds. The number of halogens is 3. The Labute approximate surface area is 109 Å². The smallest absolute Gasteiger partial charge is 0.161 e. The van der Waals surface area contributed by atoms with E-state index in [9.17, 15) is 8.78 Å². The predicted molar refractivity (Wildman–Crippen MR) is 66.4 cm³/mol. The Kier molecular flexibility index (Phi) is 3.87. The van der Waals surface area contributed by atoms with Gasteiger partial charge in [0.25, 0.3) is 0 Å². The molecule has 0 saturated carbocycles. The van der Waals surface area contributed by atoms with Crippen molar-refractivity contribution in [3.8, 4) is 11.4 Å². The molecule has 0 bridgehead atoms. The first kappa shape index (κ1) is 12.9. The van der Waals surface area contributed by atoms with Crippen LogP contribution in [-0.2, 0) is 6.42 Å². The van der Waals surface area contributed by atoms with Gasteiger partial charge in [0.05, 0.1) is 0 Å². The lowest BCUT2D eigenvalue weighted by atomic mass is 10.2. The zero-order chi connectivity index (χ0) is 13.1. The lowest BCUT2D eigenvalue weighted by Gasteiger charge is -2.05. The SMILES string of the molecule is CCCc1cc(Cl)nc(-c2ccc(F)c(F)c2)n1. The fraction of sp³-hybridized carbons (Fsp3) is 0.231. The molecular formula is C13H11ClF2N2. The van der Waals surface area contributed by atoms with Crippen molar-refractivity contribution in [1.82, 2.24) is 9.97 Å². The summed E-state index contributed by atoms with van der Waals surface area (Å²) >= 11 is 5.89. The van der Waals surface area contributed by atoms with Crippen LogP contribution in [0.5, 0.6) is 0 Å². The Morgan fingerprint density at radius 1 is 1.11 bits per heavy atom. The van der Waals surface area contributed by atoms with Crippen LogP contribution in [0.2, 0.25) is 5.15 Å². The highest BCUT2D eigenvalue weighted by molar-refractivity contribution is 6.29. The van der Waals surface area contributed by atoms with E-state index in [4.69, 9.17) is 11.6 Å². The fourth-order valence-corrected chi connectivity index (χ4v) is 1.82. The van der Waals surface area contributed by atoms with Gasteiger partial charge in [-0.1, -0.05) is 24.9 Å². The van der Waals surface area contributed by atoms with Crippen molar-refractivity contribution in [3.63, 3.8) is 0 Å². The van der Waals surface area contributed by atoms with E-state index < -0.39 is 11.6 Å². The van der Waals surface area contributed by atoms with E-state index in [0.29, 0.717) is 16.5 Å². The highest BCUT2D eigenvalue weighted by atomic mass is 35.5. The van der Waals surface area contributed by atoms with Crippen molar-refractivity contribution < 1.29 is 8.78 Å². The summed E-state index contributed by atoms with van der Waals surface area (Å²) in [6, 6.07) is 5.22. The van der Waals surface area contributed by atoms with Gasteiger partial charge in [0.15, 0.2) is 17.5 Å². The van der Waals surface area contributed by atoms with E-state index in [-0.39, 0.29) is 0 Å². The number of aryl methyl sites for hydroxylation is 1. The maximum atomic E-state index is 13.2. The molecular weight excluding hydrogens is 258 g/mol. The van der Waals surface area contributed by atoms with E-state index in [1.165, 1.54) is 6.07 Å². The zero-order valence-electron chi connectivity index (χ0n) is 9.75. The third-order valence-corrected chi connectivity index (χ3v) is 2.63. The molecule has 0 atom stereocenters. The van der Waals surface area contributed by atoms with Crippen LogP contribution in [0, 0.1) is 11.6 Å². The minimum atomic E-state index is -0.923. The number of rotatable bonds is 3. The molecule has 0 aliphatic rings. The molecule has 94 valence electrons. The monoisotopic (exact) mass is 268 g/mol. The summed E-state index contributed by atoms with van der Waals surface area (Å²) in [4.78, 5) is 8.30. The Morgan fingerprint density at radius 3 is 2.56 bits per heavy atom. The van der Waals surface area contributed by atoms with Crippen LogP contribution < -0.4 is 0 Å². The van der Waals surface area contributed by atoms with Gasteiger partial charge in [-0.3, -0.25) is 0 Å². The van der Waals surface area contributed by atoms with Crippen molar-refractivity contribution in [3.05, 3.63) is 46.7 Å². The average molecular weight is 269 g/mol. The standard InChI is InChI=1S/C13H11ClF2N2/c1-2-3-9-7-12(14)18-13(17-9)8-4-5-10(15)11(16)6-8/h4-7H,2-3H2,1H3. The van der Waals surface area contributed by atoms with E-state index in [1.807, 2.05) is 6.92 Å². The number of aromatic nitrogens is 2. The molecule has 2 aromatic rings. The summed E-state index contributed by atoms with van der Waals surface area (Å²) in [6.07, 6.45) is 1.68. The highest BCUT2D eigenvalue weighted by Gasteiger charge is 2.09. The summed E-state index contributed by atoms with van der Waals surface area (Å²) in [5, 5.41) is 0.299. The molecule has 0 aliphatic heterocycles. The Bertz CT molecular complexity index is 573. The molecule has 2 nitrogen and oxygen atoms in total. The van der Waals surface area contributed by atoms with Gasteiger partial charge in [-0.2, -0.15) is 0 Å². The van der Waals surface area contributed by atoms with Crippen LogP contribution in [0.1, 0.15) is 19.0 Å². The summed E-state index contributed by atoms with van der Waals surface area (Å²) in [5.74, 6) is -1.51. The van der Waals surface area contributed by atoms with Crippen LogP contribution in [-0.4, -0.2) is 9.97 Å². The highest BCUT2D eigenvalue weighted by Crippen LogP contribution is 2.20. The fourth-order valence-electron chi connectivity index (χ4n) is 1.61. The lowest BCUT2D eigenvalue weighted by Crippen LogP contribution is -1.97. The molecule has 0 radical (unpaired) electrons. The number of hydrogen-bond donors (Lipinski definition) is 0. The lowest BCUT2D eigenvalue weighted by molar-refractivity contribution is 0.509. The molecule has 0 N–H and O–H groups in total. The van der Waals surface area contributed by atoms with E-state index in [2.05, 4.69) is 9.97 Å². The van der Waals surface area contributed by atoms with Gasteiger partial charge < -0.3 is 0 Å². The van der Waals surface area contributed by atoms with Crippen LogP contribution in [0.4, 0.5) is 8.78 Å². The van der Waals surface area contributed by atoms with Crippen LogP contribution >= 0.6 is 11.6 Å². The number of hydrogen-bond acceptors (Lipinski definition) is 2. The normalized spacial score (nSPS) is 10.7. The van der Waals surface area contributed by atoms with Crippen molar-refractivity contribution in [2.75, 3.05) is 0 Å². The third kappa shape index (κ3) is 2.82. The first-order chi connectivity index (χ1) is 8.60. The van der Waals surface area contributed by atoms with Crippen molar-refractivity contribution in [2.45, 2.75) is 19.8 Å². The summed E-state index contributed by atoms with van der Waals surface area (Å²) in [5.41, 5.74) is 1.20. The average Bonchev–Trinajstić information content (AvgIpc) is 2.32. The maximum Gasteiger partial charge on any atom is 0.161 e. The largest absolute Gasteiger partial charge is 0.233 e. The third-order valence-electron chi connectivity index (χ3n) is 2.43. The molecule has 18 heavy (non-hydrogen) atoms. The summed E-state index contributed by atoms with van der Waals surface area (Å²) in [7, 11) is 0. The van der Waals surface area contributed by atoms with Gasteiger partial charge in [0, 0.05) is 11.3 Å². The minimum absolute atomic E-state index is 0.299. The van der Waals surface area contributed by atoms with Crippen LogP contribution in [0.15, 0.2) is 24.3 Å². The zero-order valence-corrected chi connectivity index (χ0v) is 10.5. The molecule has 0 spiro atoms. The molecule has 5 heteroatoms. The summed E-state index contributed by atoms with van der Waals surface area (Å²) < 4.78 is 26.0. The Morgan fingerprint density at radius 2 is 1.89 bits per heavy atom. The summed E-state index contributed by atoms with van der Waals surface area (Å²) in [6.45, 7) is 2.02. The molecule has 1 heterocycles. The molecule has 0 saturated heterocycles. The first-order valence-electron chi connectivity index (χ1n) is 5.59. The second-order valence-corrected chi connectivity index (χ2v) is 4.27. The Hall–Kier alpha value is -1.55. The van der Waals surface area contributed by atoms with E-state index >= 15 is 0 Å². The Balaban J connectivity index is 2.46. The van der Waals surface area contributed by atoms with E-state index in [1.54, 1.807) is 6.07 Å². The molecule has 0 aliphatic carbocycles. The molecule has 1 aromatic carbocycles. The van der Waals surface area contributed by atoms with Crippen molar-refractivity contribution in [2.24, 2.45) is 0 Å². The number of nitrogens with zero attached hydrogens (tertiary/aromatic N) is 2. The van der Waals surface area contributed by atoms with Crippen molar-refractivity contribution in [1.29, 1.82) is 0 Å². The van der Waals surface area contributed by atoms with Gasteiger partial charge in [-0.25, -0.2) is 18.7 Å². The topological polar surface area (TPSA) is 25.8 Å². The number of benzene rings is 1. The molecule has 0 unspecified atom stereocenters. The maximum absolute atomic E-state index is 13.2. The van der Waals surface area contributed by atoms with Gasteiger partial charge in [-0.05, 0) is 30.7 Å². The van der Waals surface area contributed by atoms with Gasteiger partial charge in [0.2, 0.25) is 0 Å². The first-order valence-corrected chi connectivity index (χ1v) is 5.97. The van der Waals surface area contributed by atoms with Crippen molar-refractivity contribution >= 4 is 11.6 Å².